The minimum Gasteiger partial charge on any atom is -0.462 e. The Morgan fingerprint density at radius 1 is 1.35 bits per heavy atom. The van der Waals surface area contributed by atoms with Crippen LogP contribution in [0.4, 0.5) is 0 Å². The van der Waals surface area contributed by atoms with E-state index in [1.165, 1.54) is 11.1 Å². The fourth-order valence-electron chi connectivity index (χ4n) is 2.94. The molecule has 17 heavy (non-hydrogen) atoms. The molecule has 2 heteroatoms. The first kappa shape index (κ1) is 14.0. The van der Waals surface area contributed by atoms with E-state index >= 15 is 0 Å². The van der Waals surface area contributed by atoms with Crippen molar-refractivity contribution in [1.29, 1.82) is 0 Å². The largest absolute Gasteiger partial charge is 0.462 e. The predicted molar refractivity (Wildman–Crippen MR) is 70.7 cm³/mol. The summed E-state index contributed by atoms with van der Waals surface area (Å²) in [6, 6.07) is 0. The molecule has 0 aromatic carbocycles. The molecule has 1 aliphatic carbocycles. The van der Waals surface area contributed by atoms with E-state index in [2.05, 4.69) is 27.7 Å². The summed E-state index contributed by atoms with van der Waals surface area (Å²) < 4.78 is 5.28. The molecule has 0 N–H and O–H groups in total. The number of allylic oxidation sites excluding steroid dienone is 2. The molecule has 1 atom stereocenters. The molecule has 0 aromatic heterocycles. The number of rotatable bonds is 3. The SMILES string of the molecule is CC(C)=CC(=O)OCC1CC(C)(C)C1=C(C)C. The van der Waals surface area contributed by atoms with E-state index in [1.807, 2.05) is 13.8 Å². The lowest BCUT2D eigenvalue weighted by atomic mass is 9.59. The fraction of sp³-hybridized carbons (Fsp3) is 0.667. The zero-order valence-electron chi connectivity index (χ0n) is 11.9. The van der Waals surface area contributed by atoms with Crippen molar-refractivity contribution in [2.24, 2.45) is 11.3 Å². The summed E-state index contributed by atoms with van der Waals surface area (Å²) >= 11 is 0. The molecular weight excluding hydrogens is 212 g/mol. The van der Waals surface area contributed by atoms with Gasteiger partial charge in [0.2, 0.25) is 0 Å². The van der Waals surface area contributed by atoms with Gasteiger partial charge in [0.1, 0.15) is 0 Å². The summed E-state index contributed by atoms with van der Waals surface area (Å²) in [7, 11) is 0. The second-order valence-electron chi connectivity index (χ2n) is 6.05. The monoisotopic (exact) mass is 236 g/mol. The zero-order valence-corrected chi connectivity index (χ0v) is 11.9. The lowest BCUT2D eigenvalue weighted by molar-refractivity contribution is -0.139. The first-order chi connectivity index (χ1) is 7.74. The number of esters is 1. The average molecular weight is 236 g/mol. The molecular formula is C15H24O2. The highest BCUT2D eigenvalue weighted by Gasteiger charge is 2.42. The first-order valence-corrected chi connectivity index (χ1v) is 6.23. The Balaban J connectivity index is 2.54. The van der Waals surface area contributed by atoms with Crippen LogP contribution in [0.3, 0.4) is 0 Å². The minimum absolute atomic E-state index is 0.220. The third kappa shape index (κ3) is 3.45. The van der Waals surface area contributed by atoms with Gasteiger partial charge in [-0.3, -0.25) is 0 Å². The van der Waals surface area contributed by atoms with Crippen LogP contribution in [-0.2, 0) is 9.53 Å². The van der Waals surface area contributed by atoms with Crippen LogP contribution in [0.1, 0.15) is 48.0 Å². The molecule has 0 aromatic rings. The van der Waals surface area contributed by atoms with E-state index < -0.39 is 0 Å². The molecule has 0 spiro atoms. The van der Waals surface area contributed by atoms with E-state index in [9.17, 15) is 4.79 Å². The van der Waals surface area contributed by atoms with E-state index in [0.29, 0.717) is 12.5 Å². The summed E-state index contributed by atoms with van der Waals surface area (Å²) in [5.74, 6) is 0.201. The van der Waals surface area contributed by atoms with Crippen LogP contribution < -0.4 is 0 Å². The third-order valence-electron chi connectivity index (χ3n) is 3.27. The van der Waals surface area contributed by atoms with E-state index in [4.69, 9.17) is 4.74 Å². The molecule has 0 saturated heterocycles. The molecule has 0 bridgehead atoms. The Kier molecular flexibility index (Phi) is 4.18. The van der Waals surface area contributed by atoms with Crippen molar-refractivity contribution in [3.63, 3.8) is 0 Å². The maximum Gasteiger partial charge on any atom is 0.330 e. The van der Waals surface area contributed by atoms with Gasteiger partial charge in [-0.05, 0) is 39.5 Å². The van der Waals surface area contributed by atoms with Gasteiger partial charge in [-0.2, -0.15) is 0 Å². The quantitative estimate of drug-likeness (QED) is 0.422. The smallest absolute Gasteiger partial charge is 0.330 e. The summed E-state index contributed by atoms with van der Waals surface area (Å²) in [5.41, 5.74) is 4.09. The van der Waals surface area contributed by atoms with Crippen molar-refractivity contribution in [3.8, 4) is 0 Å². The number of carbonyl (C=O) groups excluding carboxylic acids is 1. The summed E-state index contributed by atoms with van der Waals surface area (Å²) in [5, 5.41) is 0. The van der Waals surface area contributed by atoms with Crippen molar-refractivity contribution >= 4 is 5.97 Å². The summed E-state index contributed by atoms with van der Waals surface area (Å²) in [4.78, 5) is 11.4. The fourth-order valence-corrected chi connectivity index (χ4v) is 2.94. The van der Waals surface area contributed by atoms with Crippen LogP contribution >= 0.6 is 0 Å². The van der Waals surface area contributed by atoms with Crippen LogP contribution in [0.15, 0.2) is 22.8 Å². The van der Waals surface area contributed by atoms with Gasteiger partial charge in [0.25, 0.3) is 0 Å². The van der Waals surface area contributed by atoms with Crippen molar-refractivity contribution < 1.29 is 9.53 Å². The van der Waals surface area contributed by atoms with Gasteiger partial charge in [0, 0.05) is 12.0 Å². The van der Waals surface area contributed by atoms with Crippen molar-refractivity contribution in [1.82, 2.24) is 0 Å². The van der Waals surface area contributed by atoms with Gasteiger partial charge < -0.3 is 4.74 Å². The van der Waals surface area contributed by atoms with Gasteiger partial charge in [-0.15, -0.1) is 0 Å². The highest BCUT2D eigenvalue weighted by molar-refractivity contribution is 5.82. The van der Waals surface area contributed by atoms with Crippen LogP contribution in [0.5, 0.6) is 0 Å². The third-order valence-corrected chi connectivity index (χ3v) is 3.27. The number of carbonyl (C=O) groups is 1. The Morgan fingerprint density at radius 3 is 2.35 bits per heavy atom. The molecule has 1 rings (SSSR count). The molecule has 1 saturated carbocycles. The van der Waals surface area contributed by atoms with Gasteiger partial charge in [0.15, 0.2) is 0 Å². The summed E-state index contributed by atoms with van der Waals surface area (Å²) in [6.07, 6.45) is 2.65. The number of hydrogen-bond donors (Lipinski definition) is 0. The standard InChI is InChI=1S/C15H24O2/c1-10(2)7-13(16)17-9-12-8-15(5,6)14(12)11(3)4/h7,12H,8-9H2,1-6H3. The Labute approximate surface area is 105 Å². The summed E-state index contributed by atoms with van der Waals surface area (Å²) in [6.45, 7) is 13.1. The highest BCUT2D eigenvalue weighted by Crippen LogP contribution is 2.51. The first-order valence-electron chi connectivity index (χ1n) is 6.23. The molecule has 1 fully saturated rings. The number of hydrogen-bond acceptors (Lipinski definition) is 2. The second kappa shape index (κ2) is 5.07. The molecule has 96 valence electrons. The van der Waals surface area contributed by atoms with Crippen molar-refractivity contribution in [2.45, 2.75) is 48.0 Å². The van der Waals surface area contributed by atoms with Crippen LogP contribution in [0.25, 0.3) is 0 Å². The Hall–Kier alpha value is -1.05. The predicted octanol–water partition coefficient (Wildman–Crippen LogP) is 3.88. The Morgan fingerprint density at radius 2 is 1.94 bits per heavy atom. The zero-order chi connectivity index (χ0) is 13.2. The number of ether oxygens (including phenoxy) is 1. The molecule has 1 aliphatic rings. The normalized spacial score (nSPS) is 21.5. The van der Waals surface area contributed by atoms with E-state index in [0.717, 1.165) is 12.0 Å². The Bertz CT molecular complexity index is 364. The van der Waals surface area contributed by atoms with Gasteiger partial charge >= 0.3 is 5.97 Å². The maximum absolute atomic E-state index is 11.4. The van der Waals surface area contributed by atoms with Gasteiger partial charge in [-0.25, -0.2) is 4.79 Å². The molecule has 0 heterocycles. The van der Waals surface area contributed by atoms with Crippen LogP contribution in [0.2, 0.25) is 0 Å². The van der Waals surface area contributed by atoms with E-state index in [1.54, 1.807) is 6.08 Å². The lowest BCUT2D eigenvalue weighted by Gasteiger charge is -2.47. The van der Waals surface area contributed by atoms with Gasteiger partial charge in [0.05, 0.1) is 6.61 Å². The maximum atomic E-state index is 11.4. The van der Waals surface area contributed by atoms with E-state index in [-0.39, 0.29) is 11.4 Å². The van der Waals surface area contributed by atoms with Crippen molar-refractivity contribution in [3.05, 3.63) is 22.8 Å². The second-order valence-corrected chi connectivity index (χ2v) is 6.05. The highest BCUT2D eigenvalue weighted by atomic mass is 16.5. The average Bonchev–Trinajstić information content (AvgIpc) is 2.09. The minimum atomic E-state index is -0.220. The molecule has 0 radical (unpaired) electrons. The van der Waals surface area contributed by atoms with Crippen LogP contribution in [0, 0.1) is 11.3 Å². The van der Waals surface area contributed by atoms with Crippen molar-refractivity contribution in [2.75, 3.05) is 6.61 Å². The molecule has 2 nitrogen and oxygen atoms in total. The topological polar surface area (TPSA) is 26.3 Å². The van der Waals surface area contributed by atoms with Gasteiger partial charge in [-0.1, -0.05) is 30.6 Å². The molecule has 0 aliphatic heterocycles. The lowest BCUT2D eigenvalue weighted by Crippen LogP contribution is -2.39. The molecule has 0 amide bonds. The van der Waals surface area contributed by atoms with Crippen LogP contribution in [-0.4, -0.2) is 12.6 Å². The molecule has 1 unspecified atom stereocenters.